The Kier molecular flexibility index (Phi) is 5.67. The van der Waals surface area contributed by atoms with E-state index < -0.39 is 29.5 Å². The number of amides is 2. The number of nitrogens with zero attached hydrogens (tertiary/aromatic N) is 3. The molecule has 0 spiro atoms. The van der Waals surface area contributed by atoms with Gasteiger partial charge in [0.05, 0.1) is 23.4 Å². The molecule has 1 unspecified atom stereocenters. The molecule has 1 atom stereocenters. The van der Waals surface area contributed by atoms with Gasteiger partial charge in [0.15, 0.2) is 5.65 Å². The fraction of sp³-hybridized carbons (Fsp3) is 0.636. The summed E-state index contributed by atoms with van der Waals surface area (Å²) in [7, 11) is 0. The lowest BCUT2D eigenvalue weighted by Crippen LogP contribution is -2.56. The number of aromatic amines is 1. The van der Waals surface area contributed by atoms with Crippen molar-refractivity contribution in [3.05, 3.63) is 23.7 Å². The molecule has 1 aliphatic carbocycles. The zero-order valence-electron chi connectivity index (χ0n) is 18.4. The summed E-state index contributed by atoms with van der Waals surface area (Å²) in [5, 5.41) is 2.81. The molecule has 4 rings (SSSR count). The predicted octanol–water partition coefficient (Wildman–Crippen LogP) is 3.78. The monoisotopic (exact) mass is 451 g/mol. The number of rotatable bonds is 4. The summed E-state index contributed by atoms with van der Waals surface area (Å²) in [5.41, 5.74) is 1.46. The van der Waals surface area contributed by atoms with Crippen LogP contribution in [-0.4, -0.2) is 57.0 Å². The van der Waals surface area contributed by atoms with Crippen LogP contribution in [0.4, 0.5) is 13.2 Å². The number of carbonyl (C=O) groups is 2. The van der Waals surface area contributed by atoms with Crippen LogP contribution in [0.25, 0.3) is 11.2 Å². The first-order valence-corrected chi connectivity index (χ1v) is 11.0. The summed E-state index contributed by atoms with van der Waals surface area (Å²) < 4.78 is 38.9. The molecule has 32 heavy (non-hydrogen) atoms. The minimum Gasteiger partial charge on any atom is -0.344 e. The van der Waals surface area contributed by atoms with Crippen LogP contribution in [0.3, 0.4) is 0 Å². The second-order valence-corrected chi connectivity index (χ2v) is 9.88. The Bertz CT molecular complexity index is 1010. The molecule has 1 saturated carbocycles. The average molecular weight is 451 g/mol. The summed E-state index contributed by atoms with van der Waals surface area (Å²) in [6.45, 7) is 5.50. The summed E-state index contributed by atoms with van der Waals surface area (Å²) in [5.74, 6) is -1.84. The molecular formula is C22H28F3N5O2. The first kappa shape index (κ1) is 22.5. The summed E-state index contributed by atoms with van der Waals surface area (Å²) in [6.07, 6.45) is 0.849. The number of nitrogens with one attached hydrogen (secondary N) is 2. The van der Waals surface area contributed by atoms with E-state index in [1.807, 2.05) is 20.8 Å². The number of hydrogen-bond acceptors (Lipinski definition) is 4. The summed E-state index contributed by atoms with van der Waals surface area (Å²) in [6, 6.07) is -0.887. The van der Waals surface area contributed by atoms with E-state index >= 15 is 0 Å². The van der Waals surface area contributed by atoms with Crippen LogP contribution < -0.4 is 5.32 Å². The number of aromatic nitrogens is 3. The van der Waals surface area contributed by atoms with Crippen LogP contribution in [0.5, 0.6) is 0 Å². The van der Waals surface area contributed by atoms with E-state index in [4.69, 9.17) is 0 Å². The molecule has 0 aromatic carbocycles. The van der Waals surface area contributed by atoms with Crippen molar-refractivity contribution in [1.29, 1.82) is 0 Å². The van der Waals surface area contributed by atoms with E-state index in [9.17, 15) is 22.8 Å². The molecule has 0 radical (unpaired) electrons. The topological polar surface area (TPSA) is 91.0 Å². The SMILES string of the molecule is CC(C)(C)C(NC(=O)c1c[nH]c2ncc(C3CC3)nc12)C(=O)N1CCC(C(F)(F)F)CC1. The zero-order valence-corrected chi connectivity index (χ0v) is 18.4. The standard InChI is InChI=1S/C22H28F3N5O2/c1-21(2,3)17(20(32)30-8-6-13(7-9-30)22(23,24)25)29-19(31)14-10-26-18-16(14)28-15(11-27-18)12-4-5-12/h10-13,17H,4-9H2,1-3H3,(H,26,27)(H,29,31). The van der Waals surface area contributed by atoms with Gasteiger partial charge in [-0.15, -0.1) is 0 Å². The van der Waals surface area contributed by atoms with Crippen molar-refractivity contribution in [2.75, 3.05) is 13.1 Å². The van der Waals surface area contributed by atoms with E-state index in [0.717, 1.165) is 18.5 Å². The molecule has 7 nitrogen and oxygen atoms in total. The minimum absolute atomic E-state index is 0.0226. The molecule has 0 bridgehead atoms. The van der Waals surface area contributed by atoms with Gasteiger partial charge in [0.2, 0.25) is 5.91 Å². The van der Waals surface area contributed by atoms with Gasteiger partial charge in [-0.3, -0.25) is 9.59 Å². The lowest BCUT2D eigenvalue weighted by Gasteiger charge is -2.38. The zero-order chi connectivity index (χ0) is 23.3. The number of H-pyrrole nitrogens is 1. The Labute approximate surface area is 184 Å². The summed E-state index contributed by atoms with van der Waals surface area (Å²) in [4.78, 5) is 39.7. The number of halogens is 3. The molecule has 1 aliphatic heterocycles. The third-order valence-electron chi connectivity index (χ3n) is 6.30. The van der Waals surface area contributed by atoms with Gasteiger partial charge in [0.25, 0.3) is 5.91 Å². The smallest absolute Gasteiger partial charge is 0.344 e. The van der Waals surface area contributed by atoms with E-state index in [1.54, 1.807) is 6.20 Å². The number of alkyl halides is 3. The molecule has 2 aromatic heterocycles. The number of carbonyl (C=O) groups excluding carboxylic acids is 2. The van der Waals surface area contributed by atoms with Gasteiger partial charge in [-0.2, -0.15) is 13.2 Å². The van der Waals surface area contributed by atoms with Crippen molar-refractivity contribution in [3.8, 4) is 0 Å². The second-order valence-electron chi connectivity index (χ2n) is 9.88. The van der Waals surface area contributed by atoms with Crippen molar-refractivity contribution in [3.63, 3.8) is 0 Å². The van der Waals surface area contributed by atoms with Crippen LogP contribution in [0.2, 0.25) is 0 Å². The predicted molar refractivity (Wildman–Crippen MR) is 112 cm³/mol. The fourth-order valence-electron chi connectivity index (χ4n) is 4.12. The van der Waals surface area contributed by atoms with Crippen LogP contribution >= 0.6 is 0 Å². The number of likely N-dealkylation sites (tertiary alicyclic amines) is 1. The first-order valence-electron chi connectivity index (χ1n) is 11.0. The Morgan fingerprint density at radius 3 is 2.38 bits per heavy atom. The van der Waals surface area contributed by atoms with Gasteiger partial charge in [-0.05, 0) is 31.1 Å². The van der Waals surface area contributed by atoms with Crippen LogP contribution in [0, 0.1) is 11.3 Å². The van der Waals surface area contributed by atoms with Crippen molar-refractivity contribution in [2.24, 2.45) is 11.3 Å². The van der Waals surface area contributed by atoms with Gasteiger partial charge < -0.3 is 15.2 Å². The molecular weight excluding hydrogens is 423 g/mol. The number of fused-ring (bicyclic) bond motifs is 1. The van der Waals surface area contributed by atoms with Gasteiger partial charge in [0, 0.05) is 25.2 Å². The van der Waals surface area contributed by atoms with Gasteiger partial charge in [0.1, 0.15) is 11.6 Å². The Balaban J connectivity index is 1.51. The molecule has 2 N–H and O–H groups in total. The molecule has 10 heteroatoms. The largest absolute Gasteiger partial charge is 0.391 e. The van der Waals surface area contributed by atoms with Crippen molar-refractivity contribution < 1.29 is 22.8 Å². The third kappa shape index (κ3) is 4.59. The Hall–Kier alpha value is -2.65. The molecule has 2 amide bonds. The highest BCUT2D eigenvalue weighted by atomic mass is 19.4. The Morgan fingerprint density at radius 2 is 1.81 bits per heavy atom. The van der Waals surface area contributed by atoms with Crippen LogP contribution in [0.1, 0.15) is 68.4 Å². The summed E-state index contributed by atoms with van der Waals surface area (Å²) >= 11 is 0. The van der Waals surface area contributed by atoms with Crippen molar-refractivity contribution in [2.45, 2.75) is 64.6 Å². The van der Waals surface area contributed by atoms with Gasteiger partial charge in [-0.1, -0.05) is 20.8 Å². The molecule has 2 aromatic rings. The van der Waals surface area contributed by atoms with E-state index in [1.165, 1.54) is 11.1 Å². The fourth-order valence-corrected chi connectivity index (χ4v) is 4.12. The first-order chi connectivity index (χ1) is 14.9. The maximum Gasteiger partial charge on any atom is 0.391 e. The quantitative estimate of drug-likeness (QED) is 0.740. The number of hydrogen-bond donors (Lipinski definition) is 2. The van der Waals surface area contributed by atoms with Gasteiger partial charge >= 0.3 is 6.18 Å². The molecule has 3 heterocycles. The van der Waals surface area contributed by atoms with E-state index in [-0.39, 0.29) is 31.8 Å². The van der Waals surface area contributed by atoms with Crippen LogP contribution in [-0.2, 0) is 4.79 Å². The van der Waals surface area contributed by atoms with E-state index in [0.29, 0.717) is 22.6 Å². The van der Waals surface area contributed by atoms with Gasteiger partial charge in [-0.25, -0.2) is 9.97 Å². The highest BCUT2D eigenvalue weighted by molar-refractivity contribution is 6.06. The molecule has 2 fully saturated rings. The highest BCUT2D eigenvalue weighted by Crippen LogP contribution is 2.39. The minimum atomic E-state index is -4.25. The number of piperidine rings is 1. The average Bonchev–Trinajstić information content (AvgIpc) is 3.49. The third-order valence-corrected chi connectivity index (χ3v) is 6.30. The lowest BCUT2D eigenvalue weighted by molar-refractivity contribution is -0.187. The Morgan fingerprint density at radius 1 is 1.16 bits per heavy atom. The lowest BCUT2D eigenvalue weighted by atomic mass is 9.84. The van der Waals surface area contributed by atoms with Crippen molar-refractivity contribution >= 4 is 23.0 Å². The van der Waals surface area contributed by atoms with E-state index in [2.05, 4.69) is 20.3 Å². The highest BCUT2D eigenvalue weighted by Gasteiger charge is 2.44. The normalized spacial score (nSPS) is 19.2. The maximum atomic E-state index is 13.2. The second kappa shape index (κ2) is 8.04. The maximum absolute atomic E-state index is 13.2. The molecule has 2 aliphatic rings. The molecule has 174 valence electrons. The van der Waals surface area contributed by atoms with Crippen molar-refractivity contribution in [1.82, 2.24) is 25.2 Å². The molecule has 1 saturated heterocycles. The van der Waals surface area contributed by atoms with Crippen LogP contribution in [0.15, 0.2) is 12.4 Å².